The molecule has 0 aliphatic carbocycles. The Hall–Kier alpha value is -1.96. The van der Waals surface area contributed by atoms with Crippen LogP contribution >= 0.6 is 23.4 Å². The maximum Gasteiger partial charge on any atom is 0.320 e. The SMILES string of the molecule is COc1cc(CNC(CCSC)C(=O)O)cc(Cl)c1OCc1ccc(F)cc1. The van der Waals surface area contributed by atoms with Crippen molar-refractivity contribution >= 4 is 29.3 Å². The van der Waals surface area contributed by atoms with Gasteiger partial charge in [-0.15, -0.1) is 0 Å². The highest BCUT2D eigenvalue weighted by atomic mass is 35.5. The second kappa shape index (κ2) is 11.1. The molecule has 0 heterocycles. The maximum absolute atomic E-state index is 13.0. The van der Waals surface area contributed by atoms with E-state index in [1.807, 2.05) is 6.26 Å². The summed E-state index contributed by atoms with van der Waals surface area (Å²) in [5.74, 6) is 0.390. The third kappa shape index (κ3) is 6.58. The van der Waals surface area contributed by atoms with E-state index in [0.717, 1.165) is 16.9 Å². The summed E-state index contributed by atoms with van der Waals surface area (Å²) in [6, 6.07) is 8.83. The normalized spacial score (nSPS) is 11.9. The van der Waals surface area contributed by atoms with Gasteiger partial charge in [-0.3, -0.25) is 4.79 Å². The van der Waals surface area contributed by atoms with Crippen molar-refractivity contribution in [2.45, 2.75) is 25.6 Å². The fourth-order valence-corrected chi connectivity index (χ4v) is 3.30. The van der Waals surface area contributed by atoms with Crippen LogP contribution in [0.4, 0.5) is 4.39 Å². The first-order valence-electron chi connectivity index (χ1n) is 8.63. The van der Waals surface area contributed by atoms with E-state index in [0.29, 0.717) is 29.5 Å². The molecule has 0 aliphatic heterocycles. The van der Waals surface area contributed by atoms with Crippen LogP contribution in [0.25, 0.3) is 0 Å². The summed E-state index contributed by atoms with van der Waals surface area (Å²) in [4.78, 5) is 11.3. The van der Waals surface area contributed by atoms with Gasteiger partial charge in [0.05, 0.1) is 12.1 Å². The molecule has 5 nitrogen and oxygen atoms in total. The van der Waals surface area contributed by atoms with Crippen LogP contribution in [0.2, 0.25) is 5.02 Å². The maximum atomic E-state index is 13.0. The van der Waals surface area contributed by atoms with E-state index in [1.54, 1.807) is 36.0 Å². The molecule has 1 atom stereocenters. The minimum Gasteiger partial charge on any atom is -0.493 e. The van der Waals surface area contributed by atoms with Gasteiger partial charge in [0.15, 0.2) is 11.5 Å². The number of rotatable bonds is 11. The second-order valence-electron chi connectivity index (χ2n) is 6.08. The lowest BCUT2D eigenvalue weighted by Crippen LogP contribution is -2.36. The third-order valence-corrected chi connectivity index (χ3v) is 4.97. The van der Waals surface area contributed by atoms with Gasteiger partial charge in [-0.2, -0.15) is 11.8 Å². The Morgan fingerprint density at radius 3 is 2.61 bits per heavy atom. The molecule has 0 amide bonds. The number of aliphatic carboxylic acids is 1. The number of methoxy groups -OCH3 is 1. The zero-order valence-corrected chi connectivity index (χ0v) is 17.3. The molecule has 0 aromatic heterocycles. The predicted octanol–water partition coefficient (Wildman–Crippen LogP) is 4.36. The highest BCUT2D eigenvalue weighted by Crippen LogP contribution is 2.37. The molecule has 0 radical (unpaired) electrons. The highest BCUT2D eigenvalue weighted by Gasteiger charge is 2.17. The lowest BCUT2D eigenvalue weighted by molar-refractivity contribution is -0.139. The number of halogens is 2. The topological polar surface area (TPSA) is 67.8 Å². The van der Waals surface area contributed by atoms with E-state index < -0.39 is 12.0 Å². The molecule has 0 saturated carbocycles. The van der Waals surface area contributed by atoms with E-state index in [-0.39, 0.29) is 12.4 Å². The van der Waals surface area contributed by atoms with Gasteiger partial charge in [0.25, 0.3) is 0 Å². The van der Waals surface area contributed by atoms with Crippen LogP contribution in [-0.4, -0.2) is 36.2 Å². The summed E-state index contributed by atoms with van der Waals surface area (Å²) in [7, 11) is 1.51. The van der Waals surface area contributed by atoms with E-state index in [2.05, 4.69) is 5.32 Å². The van der Waals surface area contributed by atoms with Crippen LogP contribution in [0.3, 0.4) is 0 Å². The zero-order chi connectivity index (χ0) is 20.5. The molecular weight excluding hydrogens is 405 g/mol. The molecule has 2 N–H and O–H groups in total. The van der Waals surface area contributed by atoms with Gasteiger partial charge in [-0.1, -0.05) is 23.7 Å². The molecule has 28 heavy (non-hydrogen) atoms. The summed E-state index contributed by atoms with van der Waals surface area (Å²) in [6.07, 6.45) is 2.47. The minimum absolute atomic E-state index is 0.212. The van der Waals surface area contributed by atoms with Gasteiger partial charge in [0.1, 0.15) is 18.5 Å². The van der Waals surface area contributed by atoms with Crippen molar-refractivity contribution in [3.63, 3.8) is 0 Å². The standard InChI is InChI=1S/C20H23ClFNO4S/c1-26-18-10-14(11-23-17(20(24)25)7-8-28-2)9-16(21)19(18)27-12-13-3-5-15(22)6-4-13/h3-6,9-10,17,23H,7-8,11-12H2,1-2H3,(H,24,25). The number of hydrogen-bond donors (Lipinski definition) is 2. The van der Waals surface area contributed by atoms with Gasteiger partial charge < -0.3 is 19.9 Å². The Labute approximate surface area is 173 Å². The lowest BCUT2D eigenvalue weighted by atomic mass is 10.1. The molecule has 0 aliphatic rings. The number of carbonyl (C=O) groups is 1. The smallest absolute Gasteiger partial charge is 0.320 e. The number of carboxylic acids is 1. The number of ether oxygens (including phenoxy) is 2. The fourth-order valence-electron chi connectivity index (χ4n) is 2.54. The first kappa shape index (κ1) is 22.3. The van der Waals surface area contributed by atoms with E-state index >= 15 is 0 Å². The number of benzene rings is 2. The Morgan fingerprint density at radius 1 is 1.29 bits per heavy atom. The van der Waals surface area contributed by atoms with Crippen LogP contribution in [0.1, 0.15) is 17.5 Å². The summed E-state index contributed by atoms with van der Waals surface area (Å²) >= 11 is 7.96. The van der Waals surface area contributed by atoms with Crippen LogP contribution < -0.4 is 14.8 Å². The average molecular weight is 428 g/mol. The van der Waals surface area contributed by atoms with E-state index in [1.165, 1.54) is 19.2 Å². The van der Waals surface area contributed by atoms with Crippen LogP contribution in [-0.2, 0) is 17.9 Å². The van der Waals surface area contributed by atoms with Gasteiger partial charge in [-0.05, 0) is 53.8 Å². The van der Waals surface area contributed by atoms with Crippen LogP contribution in [0.5, 0.6) is 11.5 Å². The largest absolute Gasteiger partial charge is 0.493 e. The average Bonchev–Trinajstić information content (AvgIpc) is 2.67. The molecule has 2 aromatic carbocycles. The first-order chi connectivity index (χ1) is 13.4. The number of thioether (sulfide) groups is 1. The van der Waals surface area contributed by atoms with Crippen molar-refractivity contribution in [1.82, 2.24) is 5.32 Å². The van der Waals surface area contributed by atoms with Gasteiger partial charge >= 0.3 is 5.97 Å². The van der Waals surface area contributed by atoms with Gasteiger partial charge in [-0.25, -0.2) is 4.39 Å². The number of carboxylic acid groups (broad SMARTS) is 1. The molecule has 0 spiro atoms. The molecule has 2 aromatic rings. The fraction of sp³-hybridized carbons (Fsp3) is 0.350. The summed E-state index contributed by atoms with van der Waals surface area (Å²) < 4.78 is 24.1. The van der Waals surface area contributed by atoms with Gasteiger partial charge in [0, 0.05) is 6.54 Å². The van der Waals surface area contributed by atoms with Crippen molar-refractivity contribution in [3.05, 3.63) is 58.4 Å². The third-order valence-electron chi connectivity index (χ3n) is 4.05. The summed E-state index contributed by atoms with van der Waals surface area (Å²) in [5, 5.41) is 12.7. The zero-order valence-electron chi connectivity index (χ0n) is 15.7. The first-order valence-corrected chi connectivity index (χ1v) is 10.4. The molecule has 152 valence electrons. The van der Waals surface area contributed by atoms with Crippen LogP contribution in [0, 0.1) is 5.82 Å². The minimum atomic E-state index is -0.883. The molecule has 0 bridgehead atoms. The molecule has 1 unspecified atom stereocenters. The lowest BCUT2D eigenvalue weighted by Gasteiger charge is -2.17. The Kier molecular flexibility index (Phi) is 8.89. The molecule has 0 fully saturated rings. The monoisotopic (exact) mass is 427 g/mol. The summed E-state index contributed by atoms with van der Waals surface area (Å²) in [6.45, 7) is 0.545. The Morgan fingerprint density at radius 2 is 2.00 bits per heavy atom. The highest BCUT2D eigenvalue weighted by molar-refractivity contribution is 7.98. The van der Waals surface area contributed by atoms with E-state index in [4.69, 9.17) is 21.1 Å². The van der Waals surface area contributed by atoms with E-state index in [9.17, 15) is 14.3 Å². The molecule has 0 saturated heterocycles. The van der Waals surface area contributed by atoms with Crippen molar-refractivity contribution < 1.29 is 23.8 Å². The molecule has 8 heteroatoms. The van der Waals surface area contributed by atoms with Crippen molar-refractivity contribution in [3.8, 4) is 11.5 Å². The number of nitrogens with one attached hydrogen (secondary N) is 1. The van der Waals surface area contributed by atoms with Crippen LogP contribution in [0.15, 0.2) is 36.4 Å². The number of hydrogen-bond acceptors (Lipinski definition) is 5. The summed E-state index contributed by atoms with van der Waals surface area (Å²) in [5.41, 5.74) is 1.58. The second-order valence-corrected chi connectivity index (χ2v) is 7.47. The van der Waals surface area contributed by atoms with Crippen molar-refractivity contribution in [1.29, 1.82) is 0 Å². The quantitative estimate of drug-likeness (QED) is 0.555. The Balaban J connectivity index is 2.07. The van der Waals surface area contributed by atoms with Crippen molar-refractivity contribution in [2.24, 2.45) is 0 Å². The Bertz CT molecular complexity index is 789. The van der Waals surface area contributed by atoms with Gasteiger partial charge in [0.2, 0.25) is 0 Å². The molecule has 2 rings (SSSR count). The van der Waals surface area contributed by atoms with Crippen molar-refractivity contribution in [2.75, 3.05) is 19.1 Å². The predicted molar refractivity (Wildman–Crippen MR) is 110 cm³/mol. The molecular formula is C20H23ClFNO4S.